The Morgan fingerprint density at radius 3 is 2.65 bits per heavy atom. The van der Waals surface area contributed by atoms with Crippen LogP contribution < -0.4 is 16.1 Å². The molecule has 3 aromatic rings. The lowest BCUT2D eigenvalue weighted by atomic mass is 9.89. The minimum Gasteiger partial charge on any atom is -0.362 e. The van der Waals surface area contributed by atoms with Crippen LogP contribution in [0.3, 0.4) is 0 Å². The summed E-state index contributed by atoms with van der Waals surface area (Å²) in [6, 6.07) is 1.50. The number of H-pyrrole nitrogens is 2. The van der Waals surface area contributed by atoms with Crippen LogP contribution in [0.2, 0.25) is 0 Å². The van der Waals surface area contributed by atoms with Gasteiger partial charge in [0.05, 0.1) is 17.8 Å². The summed E-state index contributed by atoms with van der Waals surface area (Å²) in [5.41, 5.74) is -1.54. The zero-order valence-electron chi connectivity index (χ0n) is 14.0. The van der Waals surface area contributed by atoms with E-state index in [4.69, 9.17) is 0 Å². The first-order valence-electron chi connectivity index (χ1n) is 7.84. The predicted octanol–water partition coefficient (Wildman–Crippen LogP) is 0.649. The minimum absolute atomic E-state index is 0.0912. The lowest BCUT2D eigenvalue weighted by Crippen LogP contribution is -2.34. The highest BCUT2D eigenvalue weighted by molar-refractivity contribution is 5.74. The number of anilines is 1. The Kier molecular flexibility index (Phi) is 3.27. The van der Waals surface area contributed by atoms with E-state index in [1.54, 1.807) is 0 Å². The van der Waals surface area contributed by atoms with Gasteiger partial charge in [-0.25, -0.2) is 18.6 Å². The fraction of sp³-hybridized carbons (Fsp3) is 0.400. The topological polar surface area (TPSA) is 112 Å². The van der Waals surface area contributed by atoms with Crippen molar-refractivity contribution in [2.45, 2.75) is 19.8 Å². The molecule has 11 heteroatoms. The van der Waals surface area contributed by atoms with Crippen molar-refractivity contribution in [3.05, 3.63) is 39.4 Å². The number of nitrogens with zero attached hydrogens (tertiary/aromatic N) is 5. The lowest BCUT2D eigenvalue weighted by Gasteiger charge is -2.24. The van der Waals surface area contributed by atoms with E-state index in [-0.39, 0.29) is 17.8 Å². The maximum absolute atomic E-state index is 14.3. The van der Waals surface area contributed by atoms with Crippen molar-refractivity contribution in [3.63, 3.8) is 0 Å². The molecule has 0 amide bonds. The first kappa shape index (κ1) is 16.4. The summed E-state index contributed by atoms with van der Waals surface area (Å²) in [7, 11) is 0. The molecule has 26 heavy (non-hydrogen) atoms. The number of nitrogens with one attached hydrogen (secondary N) is 2. The van der Waals surface area contributed by atoms with Crippen LogP contribution in [0.1, 0.15) is 13.8 Å². The van der Waals surface area contributed by atoms with Crippen molar-refractivity contribution in [3.8, 4) is 11.3 Å². The van der Waals surface area contributed by atoms with Gasteiger partial charge in [0, 0.05) is 18.2 Å². The van der Waals surface area contributed by atoms with Crippen LogP contribution >= 0.6 is 0 Å². The van der Waals surface area contributed by atoms with Crippen molar-refractivity contribution in [2.75, 3.05) is 18.0 Å². The molecule has 0 spiro atoms. The quantitative estimate of drug-likeness (QED) is 0.691. The molecule has 0 aliphatic carbocycles. The van der Waals surface area contributed by atoms with Crippen LogP contribution in [0, 0.1) is 5.41 Å². The molecule has 9 nitrogen and oxygen atoms in total. The Balaban J connectivity index is 1.89. The molecule has 0 aromatic carbocycles. The van der Waals surface area contributed by atoms with Crippen LogP contribution in [-0.2, 0) is 0 Å². The van der Waals surface area contributed by atoms with Crippen LogP contribution in [0.15, 0.2) is 28.2 Å². The van der Waals surface area contributed by atoms with E-state index in [1.165, 1.54) is 42.0 Å². The van der Waals surface area contributed by atoms with E-state index in [0.717, 1.165) is 0 Å². The average Bonchev–Trinajstić information content (AvgIpc) is 3.08. The maximum atomic E-state index is 14.3. The largest absolute Gasteiger partial charge is 0.362 e. The molecule has 0 atom stereocenters. The maximum Gasteiger partial charge on any atom is 0.325 e. The molecule has 3 aromatic heterocycles. The molecule has 1 aliphatic heterocycles. The lowest BCUT2D eigenvalue weighted by molar-refractivity contribution is -0.0642. The Morgan fingerprint density at radius 2 is 2.00 bits per heavy atom. The Bertz CT molecular complexity index is 1100. The number of hydrogen-bond donors (Lipinski definition) is 2. The van der Waals surface area contributed by atoms with Crippen LogP contribution in [-0.4, -0.2) is 48.8 Å². The normalized spacial score (nSPS) is 18.5. The van der Waals surface area contributed by atoms with Crippen molar-refractivity contribution in [1.29, 1.82) is 0 Å². The average molecular weight is 363 g/mol. The van der Waals surface area contributed by atoms with Gasteiger partial charge in [0.2, 0.25) is 0 Å². The van der Waals surface area contributed by atoms with Gasteiger partial charge < -0.3 is 9.88 Å². The number of aromatic nitrogens is 6. The highest BCUT2D eigenvalue weighted by Crippen LogP contribution is 2.45. The number of hydrogen-bond acceptors (Lipinski definition) is 6. The third-order valence-corrected chi connectivity index (χ3v) is 4.64. The van der Waals surface area contributed by atoms with E-state index in [1.807, 2.05) is 0 Å². The molecule has 4 rings (SSSR count). The minimum atomic E-state index is -2.89. The molecular formula is C15H15F2N7O2. The van der Waals surface area contributed by atoms with E-state index in [0.29, 0.717) is 11.3 Å². The molecule has 1 saturated heterocycles. The van der Waals surface area contributed by atoms with Crippen LogP contribution in [0.4, 0.5) is 14.5 Å². The van der Waals surface area contributed by atoms with Crippen LogP contribution in [0.5, 0.6) is 0 Å². The second-order valence-corrected chi connectivity index (χ2v) is 6.92. The van der Waals surface area contributed by atoms with Gasteiger partial charge in [-0.15, -0.1) is 14.8 Å². The van der Waals surface area contributed by atoms with E-state index < -0.39 is 29.1 Å². The predicted molar refractivity (Wildman–Crippen MR) is 88.4 cm³/mol. The smallest absolute Gasteiger partial charge is 0.325 e. The molecule has 136 valence electrons. The van der Waals surface area contributed by atoms with E-state index >= 15 is 0 Å². The fourth-order valence-corrected chi connectivity index (χ4v) is 3.04. The van der Waals surface area contributed by atoms with Gasteiger partial charge in [-0.2, -0.15) is 0 Å². The highest BCUT2D eigenvalue weighted by Gasteiger charge is 2.54. The SMILES string of the molecule is CC1(C)CN(c2cc(-c3c[nH]c(=O)[nH]c3=O)nn3ncnc23)CC1(F)F. The highest BCUT2D eigenvalue weighted by atomic mass is 19.3. The number of fused-ring (bicyclic) bond motifs is 1. The van der Waals surface area contributed by atoms with E-state index in [2.05, 4.69) is 25.1 Å². The van der Waals surface area contributed by atoms with Crippen molar-refractivity contribution < 1.29 is 8.78 Å². The summed E-state index contributed by atoms with van der Waals surface area (Å²) in [6.07, 6.45) is 2.48. The zero-order chi connectivity index (χ0) is 18.7. The van der Waals surface area contributed by atoms with Gasteiger partial charge in [0.25, 0.3) is 11.5 Å². The number of alkyl halides is 2. The Hall–Kier alpha value is -3.11. The van der Waals surface area contributed by atoms with Gasteiger partial charge in [-0.05, 0) is 6.07 Å². The number of rotatable bonds is 2. The number of aromatic amines is 2. The molecule has 0 radical (unpaired) electrons. The van der Waals surface area contributed by atoms with Crippen LogP contribution in [0.25, 0.3) is 16.9 Å². The summed E-state index contributed by atoms with van der Waals surface area (Å²) in [5, 5.41) is 8.14. The zero-order valence-corrected chi connectivity index (χ0v) is 14.0. The van der Waals surface area contributed by atoms with Gasteiger partial charge in [0.1, 0.15) is 12.0 Å². The van der Waals surface area contributed by atoms with Gasteiger partial charge in [-0.1, -0.05) is 13.8 Å². The molecular weight excluding hydrogens is 348 g/mol. The fourth-order valence-electron chi connectivity index (χ4n) is 3.04. The molecule has 0 bridgehead atoms. The molecule has 0 unspecified atom stereocenters. The summed E-state index contributed by atoms with van der Waals surface area (Å²) < 4.78 is 29.8. The standard InChI is InChI=1S/C15H15F2N7O2/c1-14(2)5-23(6-15(14,16)17)10-3-9(22-24-11(10)19-7-20-24)8-4-18-13(26)21-12(8)25/h3-4,7H,5-6H2,1-2H3,(H2,18,21,25,26). The molecule has 1 fully saturated rings. The van der Waals surface area contributed by atoms with E-state index in [9.17, 15) is 18.4 Å². The van der Waals surface area contributed by atoms with Gasteiger partial charge in [0.15, 0.2) is 5.65 Å². The number of halogens is 2. The molecule has 1 aliphatic rings. The molecule has 2 N–H and O–H groups in total. The van der Waals surface area contributed by atoms with Gasteiger partial charge >= 0.3 is 5.69 Å². The summed E-state index contributed by atoms with van der Waals surface area (Å²) in [4.78, 5) is 33.3. The second-order valence-electron chi connectivity index (χ2n) is 6.92. The second kappa shape index (κ2) is 5.19. The van der Waals surface area contributed by atoms with Crippen molar-refractivity contribution in [1.82, 2.24) is 29.8 Å². The summed E-state index contributed by atoms with van der Waals surface area (Å²) in [5.74, 6) is -2.89. The first-order chi connectivity index (χ1) is 12.2. The summed E-state index contributed by atoms with van der Waals surface area (Å²) >= 11 is 0. The Labute approximate surface area is 144 Å². The van der Waals surface area contributed by atoms with Crippen molar-refractivity contribution >= 4 is 11.3 Å². The first-order valence-corrected chi connectivity index (χ1v) is 7.84. The van der Waals surface area contributed by atoms with Gasteiger partial charge in [-0.3, -0.25) is 9.78 Å². The van der Waals surface area contributed by atoms with Crippen molar-refractivity contribution in [2.24, 2.45) is 5.41 Å². The molecule has 4 heterocycles. The summed E-state index contributed by atoms with van der Waals surface area (Å²) in [6.45, 7) is 2.63. The monoisotopic (exact) mass is 363 g/mol. The third-order valence-electron chi connectivity index (χ3n) is 4.64. The molecule has 0 saturated carbocycles. The third kappa shape index (κ3) is 2.38. The Morgan fingerprint density at radius 1 is 1.23 bits per heavy atom.